The molecule has 6 nitrogen and oxygen atoms in total. The summed E-state index contributed by atoms with van der Waals surface area (Å²) in [7, 11) is -10.7. The first-order valence-corrected chi connectivity index (χ1v) is 13.8. The Morgan fingerprint density at radius 2 is 0.786 bits per heavy atom. The molecule has 6 aromatic heterocycles. The number of furan rings is 2. The molecule has 6 aromatic rings. The molecule has 0 unspecified atom stereocenters. The molecule has 0 aromatic carbocycles. The van der Waals surface area contributed by atoms with E-state index in [0.717, 1.165) is 45.7 Å². The Balaban J connectivity index is 0.000000186. The molecule has 0 aliphatic heterocycles. The second-order valence-corrected chi connectivity index (χ2v) is 10.1. The van der Waals surface area contributed by atoms with Gasteiger partial charge in [0.1, 0.15) is 11.4 Å². The number of nitrogens with zero attached hydrogens (tertiary/aromatic N) is 4. The van der Waals surface area contributed by atoms with Gasteiger partial charge in [0.2, 0.25) is 0 Å². The Hall–Kier alpha value is -4.31. The van der Waals surface area contributed by atoms with E-state index in [1.807, 2.05) is 97.1 Å². The van der Waals surface area contributed by atoms with Gasteiger partial charge in [0.25, 0.3) is 0 Å². The maximum Gasteiger partial charge on any atom is 1.00 e. The van der Waals surface area contributed by atoms with Crippen molar-refractivity contribution in [1.82, 2.24) is 19.9 Å². The molecule has 14 heteroatoms. The second kappa shape index (κ2) is 12.7. The summed E-state index contributed by atoms with van der Waals surface area (Å²) in [4.78, 5) is 17.6. The number of pyridine rings is 4. The zero-order valence-electron chi connectivity index (χ0n) is 21.2. The van der Waals surface area contributed by atoms with Gasteiger partial charge in [-0.3, -0.25) is 9.97 Å². The van der Waals surface area contributed by atoms with Gasteiger partial charge in [0.15, 0.2) is 11.5 Å². The predicted molar refractivity (Wildman–Crippen MR) is 144 cm³/mol. The van der Waals surface area contributed by atoms with E-state index in [9.17, 15) is 25.2 Å². The van der Waals surface area contributed by atoms with Crippen LogP contribution in [0, 0.1) is 0 Å². The molecule has 0 saturated carbocycles. The fourth-order valence-corrected chi connectivity index (χ4v) is 3.31. The van der Waals surface area contributed by atoms with Crippen LogP contribution in [0.4, 0.5) is 25.2 Å². The van der Waals surface area contributed by atoms with Crippen molar-refractivity contribution in [3.63, 3.8) is 0 Å². The van der Waals surface area contributed by atoms with Crippen molar-refractivity contribution in [2.24, 2.45) is 0 Å². The molecule has 0 bridgehead atoms. The maximum atomic E-state index is 9.87. The van der Waals surface area contributed by atoms with E-state index in [1.165, 1.54) is 0 Å². The number of aromatic nitrogens is 4. The quantitative estimate of drug-likeness (QED) is 0.107. The van der Waals surface area contributed by atoms with Crippen molar-refractivity contribution >= 4 is 7.81 Å². The Labute approximate surface area is 246 Å². The molecule has 0 spiro atoms. The minimum Gasteiger partial charge on any atom is -0.463 e. The molecule has 42 heavy (non-hydrogen) atoms. The minimum atomic E-state index is -10.7. The summed E-state index contributed by atoms with van der Waals surface area (Å²) >= 11 is 0. The Bertz CT molecular complexity index is 1550. The van der Waals surface area contributed by atoms with Crippen LogP contribution in [0.5, 0.6) is 0 Å². The van der Waals surface area contributed by atoms with Crippen LogP contribution in [0.3, 0.4) is 0 Å². The Morgan fingerprint density at radius 3 is 1.10 bits per heavy atom. The third-order valence-corrected chi connectivity index (χ3v) is 4.90. The molecule has 0 fully saturated rings. The fourth-order valence-electron chi connectivity index (χ4n) is 3.31. The third-order valence-electron chi connectivity index (χ3n) is 4.90. The summed E-state index contributed by atoms with van der Waals surface area (Å²) in [6.45, 7) is 0. The van der Waals surface area contributed by atoms with Crippen molar-refractivity contribution in [2.75, 3.05) is 0 Å². The topological polar surface area (TPSA) is 77.8 Å². The van der Waals surface area contributed by atoms with Crippen molar-refractivity contribution in [1.29, 1.82) is 0 Å². The zero-order valence-corrected chi connectivity index (χ0v) is 23.0. The van der Waals surface area contributed by atoms with Gasteiger partial charge >= 0.3 is 50.1 Å². The molecule has 0 aliphatic rings. The van der Waals surface area contributed by atoms with Gasteiger partial charge < -0.3 is 8.83 Å². The van der Waals surface area contributed by atoms with Gasteiger partial charge in [-0.2, -0.15) is 0 Å². The summed E-state index contributed by atoms with van der Waals surface area (Å²) in [6.07, 6.45) is 6.81. The van der Waals surface area contributed by atoms with Crippen LogP contribution in [0.1, 0.15) is 0 Å². The van der Waals surface area contributed by atoms with E-state index >= 15 is 0 Å². The molecule has 222 valence electrons. The molecular weight excluding hydrogens is 633 g/mol. The molecule has 6 rings (SSSR count). The summed E-state index contributed by atoms with van der Waals surface area (Å²) in [6, 6.07) is 30.7. The Morgan fingerprint density at radius 1 is 0.429 bits per heavy atom. The molecule has 0 aliphatic carbocycles. The smallest absolute Gasteiger partial charge is 0.463 e. The first kappa shape index (κ1) is 32.2. The number of hydrogen-bond donors (Lipinski definition) is 0. The fraction of sp³-hybridized carbons (Fsp3) is 0. The number of hydrogen-bond acceptors (Lipinski definition) is 6. The average Bonchev–Trinajstić information content (AvgIpc) is 3.68. The van der Waals surface area contributed by atoms with Gasteiger partial charge in [-0.1, -0.05) is 24.3 Å². The SMILES string of the molecule is F[P-](F)(F)(F)(F)F.[Cu+].c1ccc(-c2cccc(-c3ccco3)n2)nc1.c1ccc(-c2cccc(-c3ccco3)n2)nc1. The van der Waals surface area contributed by atoms with Crippen molar-refractivity contribution in [3.8, 4) is 45.7 Å². The van der Waals surface area contributed by atoms with E-state index in [4.69, 9.17) is 8.83 Å². The molecule has 0 saturated heterocycles. The molecule has 6 heterocycles. The predicted octanol–water partition coefficient (Wildman–Crippen LogP) is 10.2. The monoisotopic (exact) mass is 652 g/mol. The van der Waals surface area contributed by atoms with Crippen LogP contribution in [-0.2, 0) is 17.1 Å². The van der Waals surface area contributed by atoms with Gasteiger partial charge in [-0.15, -0.1) is 0 Å². The van der Waals surface area contributed by atoms with E-state index in [2.05, 4.69) is 19.9 Å². The second-order valence-electron chi connectivity index (χ2n) is 8.16. The van der Waals surface area contributed by atoms with Gasteiger partial charge in [0.05, 0.1) is 35.3 Å². The van der Waals surface area contributed by atoms with Gasteiger partial charge in [-0.05, 0) is 72.8 Å². The van der Waals surface area contributed by atoms with E-state index < -0.39 is 7.81 Å². The van der Waals surface area contributed by atoms with Crippen LogP contribution in [0.25, 0.3) is 45.7 Å². The first-order valence-electron chi connectivity index (χ1n) is 11.7. The van der Waals surface area contributed by atoms with Crippen LogP contribution in [0.2, 0.25) is 0 Å². The minimum absolute atomic E-state index is 0. The van der Waals surface area contributed by atoms with Crippen LogP contribution in [0.15, 0.2) is 131 Å². The summed E-state index contributed by atoms with van der Waals surface area (Å²) in [5, 5.41) is 0. The molecular formula is C28H20CuF6N4O2P. The van der Waals surface area contributed by atoms with Crippen LogP contribution >= 0.6 is 7.81 Å². The van der Waals surface area contributed by atoms with Crippen molar-refractivity contribution in [3.05, 3.63) is 122 Å². The van der Waals surface area contributed by atoms with Gasteiger partial charge in [-0.25, -0.2) is 9.97 Å². The first-order chi connectivity index (χ1) is 19.3. The third kappa shape index (κ3) is 11.3. The Kier molecular flexibility index (Phi) is 9.73. The van der Waals surface area contributed by atoms with Crippen LogP contribution in [-0.4, -0.2) is 19.9 Å². The number of halogens is 6. The largest absolute Gasteiger partial charge is 1.00 e. The van der Waals surface area contributed by atoms with Crippen molar-refractivity contribution in [2.45, 2.75) is 0 Å². The molecule has 0 atom stereocenters. The molecule has 0 radical (unpaired) electrons. The standard InChI is InChI=1S/2C14H10N2O.Cu.F6P/c2*1-2-9-15-11(5-1)12-6-3-7-13(16-12)14-8-4-10-17-14;;1-7(2,3,4,5)6/h2*1-10H;;/q;;+1;-1. The van der Waals surface area contributed by atoms with E-state index in [-0.39, 0.29) is 17.1 Å². The summed E-state index contributed by atoms with van der Waals surface area (Å²) in [5.41, 5.74) is 5.05. The average molecular weight is 653 g/mol. The van der Waals surface area contributed by atoms with E-state index in [0.29, 0.717) is 0 Å². The maximum absolute atomic E-state index is 10.7. The summed E-state index contributed by atoms with van der Waals surface area (Å²) in [5.74, 6) is 1.53. The molecule has 0 N–H and O–H groups in total. The summed E-state index contributed by atoms with van der Waals surface area (Å²) < 4.78 is 69.8. The normalized spacial score (nSPS) is 12.2. The van der Waals surface area contributed by atoms with Gasteiger partial charge in [0, 0.05) is 12.4 Å². The van der Waals surface area contributed by atoms with E-state index in [1.54, 1.807) is 24.9 Å². The zero-order chi connectivity index (χ0) is 29.4. The van der Waals surface area contributed by atoms with Crippen molar-refractivity contribution < 1.29 is 51.1 Å². The number of rotatable bonds is 4. The van der Waals surface area contributed by atoms with Crippen LogP contribution < -0.4 is 0 Å². The molecule has 0 amide bonds.